The van der Waals surface area contributed by atoms with Gasteiger partial charge < -0.3 is 24.4 Å². The van der Waals surface area contributed by atoms with E-state index >= 15 is 0 Å². The SMILES string of the molecule is COc1ccc(-n2cccc2[C@H]2[C@H](c3ccccn3)NC(=S)N2CCCN(C)C)cc1. The van der Waals surface area contributed by atoms with E-state index in [0.29, 0.717) is 0 Å². The molecule has 1 aliphatic rings. The van der Waals surface area contributed by atoms with Crippen molar-refractivity contribution in [2.75, 3.05) is 34.3 Å². The number of hydrogen-bond acceptors (Lipinski definition) is 4. The number of benzene rings is 1. The highest BCUT2D eigenvalue weighted by molar-refractivity contribution is 7.80. The van der Waals surface area contributed by atoms with Crippen LogP contribution in [0, 0.1) is 0 Å². The molecule has 3 heterocycles. The number of thiocarbonyl (C=S) groups is 1. The summed E-state index contributed by atoms with van der Waals surface area (Å²) in [5.41, 5.74) is 3.26. The third-order valence-electron chi connectivity index (χ3n) is 5.64. The van der Waals surface area contributed by atoms with E-state index in [1.165, 1.54) is 5.69 Å². The van der Waals surface area contributed by atoms with Gasteiger partial charge in [-0.25, -0.2) is 0 Å². The first-order valence-electron chi connectivity index (χ1n) is 10.5. The molecule has 0 aliphatic carbocycles. The average molecular weight is 436 g/mol. The first-order valence-corrected chi connectivity index (χ1v) is 10.9. The van der Waals surface area contributed by atoms with Gasteiger partial charge in [-0.15, -0.1) is 0 Å². The molecule has 4 rings (SSSR count). The molecular weight excluding hydrogens is 406 g/mol. The quantitative estimate of drug-likeness (QED) is 0.543. The van der Waals surface area contributed by atoms with E-state index in [2.05, 4.69) is 75.3 Å². The number of rotatable bonds is 8. The third kappa shape index (κ3) is 4.57. The molecule has 7 heteroatoms. The first kappa shape index (κ1) is 21.3. The van der Waals surface area contributed by atoms with Crippen molar-refractivity contribution in [1.82, 2.24) is 24.7 Å². The molecule has 31 heavy (non-hydrogen) atoms. The Hall–Kier alpha value is -2.90. The highest BCUT2D eigenvalue weighted by Gasteiger charge is 2.40. The first-order chi connectivity index (χ1) is 15.1. The molecule has 0 bridgehead atoms. The summed E-state index contributed by atoms with van der Waals surface area (Å²) in [6.45, 7) is 1.89. The van der Waals surface area contributed by atoms with Gasteiger partial charge in [0, 0.05) is 30.3 Å². The van der Waals surface area contributed by atoms with Crippen LogP contribution in [-0.4, -0.2) is 58.8 Å². The second kappa shape index (κ2) is 9.49. The minimum Gasteiger partial charge on any atom is -0.497 e. The summed E-state index contributed by atoms with van der Waals surface area (Å²) in [6, 6.07) is 18.5. The minimum absolute atomic E-state index is 0.0139. The average Bonchev–Trinajstić information content (AvgIpc) is 3.39. The fourth-order valence-corrected chi connectivity index (χ4v) is 4.47. The van der Waals surface area contributed by atoms with Crippen LogP contribution in [0.5, 0.6) is 5.75 Å². The Bertz CT molecular complexity index is 1000. The maximum absolute atomic E-state index is 5.79. The fraction of sp³-hybridized carbons (Fsp3) is 0.333. The highest BCUT2D eigenvalue weighted by Crippen LogP contribution is 2.39. The van der Waals surface area contributed by atoms with E-state index < -0.39 is 0 Å². The summed E-state index contributed by atoms with van der Waals surface area (Å²) in [7, 11) is 5.89. The van der Waals surface area contributed by atoms with Crippen LogP contribution in [0.2, 0.25) is 0 Å². The van der Waals surface area contributed by atoms with Crippen molar-refractivity contribution in [3.05, 3.63) is 78.4 Å². The van der Waals surface area contributed by atoms with Gasteiger partial charge in [-0.3, -0.25) is 4.98 Å². The van der Waals surface area contributed by atoms with Gasteiger partial charge >= 0.3 is 0 Å². The Balaban J connectivity index is 1.72. The molecule has 0 radical (unpaired) electrons. The lowest BCUT2D eigenvalue weighted by molar-refractivity contribution is 0.286. The molecule has 0 spiro atoms. The van der Waals surface area contributed by atoms with Gasteiger partial charge in [-0.2, -0.15) is 0 Å². The maximum atomic E-state index is 5.79. The maximum Gasteiger partial charge on any atom is 0.170 e. The third-order valence-corrected chi connectivity index (χ3v) is 5.99. The number of hydrogen-bond donors (Lipinski definition) is 1. The molecule has 0 saturated carbocycles. The zero-order valence-electron chi connectivity index (χ0n) is 18.2. The van der Waals surface area contributed by atoms with Crippen LogP contribution in [0.25, 0.3) is 5.69 Å². The van der Waals surface area contributed by atoms with Gasteiger partial charge in [-0.1, -0.05) is 6.07 Å². The summed E-state index contributed by atoms with van der Waals surface area (Å²) in [5, 5.41) is 4.32. The topological polar surface area (TPSA) is 45.6 Å². The highest BCUT2D eigenvalue weighted by atomic mass is 32.1. The van der Waals surface area contributed by atoms with Gasteiger partial charge in [0.15, 0.2) is 5.11 Å². The van der Waals surface area contributed by atoms with E-state index in [4.69, 9.17) is 17.0 Å². The lowest BCUT2D eigenvalue weighted by Gasteiger charge is -2.29. The van der Waals surface area contributed by atoms with E-state index in [1.807, 2.05) is 30.5 Å². The standard InChI is InChI=1S/C24H29N5OS/c1-27(2)15-7-17-29-23(22(26-24(29)31)20-8-4-5-14-25-20)21-9-6-16-28(21)18-10-12-19(30-3)13-11-18/h4-6,8-14,16,22-23H,7,15,17H2,1-3H3,(H,26,31)/t22-,23-/m0/s1. The van der Waals surface area contributed by atoms with Crippen molar-refractivity contribution in [2.45, 2.75) is 18.5 Å². The van der Waals surface area contributed by atoms with Gasteiger partial charge in [0.2, 0.25) is 0 Å². The van der Waals surface area contributed by atoms with Crippen LogP contribution in [-0.2, 0) is 0 Å². The summed E-state index contributed by atoms with van der Waals surface area (Å²) >= 11 is 5.79. The van der Waals surface area contributed by atoms with Gasteiger partial charge in [-0.05, 0) is 87.8 Å². The molecule has 162 valence electrons. The van der Waals surface area contributed by atoms with Crippen LogP contribution in [0.3, 0.4) is 0 Å². The number of nitrogens with one attached hydrogen (secondary N) is 1. The smallest absolute Gasteiger partial charge is 0.170 e. The monoisotopic (exact) mass is 435 g/mol. The van der Waals surface area contributed by atoms with Gasteiger partial charge in [0.05, 0.1) is 24.9 Å². The Labute approximate surface area is 189 Å². The van der Waals surface area contributed by atoms with Crippen LogP contribution < -0.4 is 10.1 Å². The molecule has 1 aromatic carbocycles. The molecular formula is C24H29N5OS. The number of aromatic nitrogens is 2. The van der Waals surface area contributed by atoms with Gasteiger partial charge in [0.1, 0.15) is 5.75 Å². The number of methoxy groups -OCH3 is 1. The largest absolute Gasteiger partial charge is 0.497 e. The minimum atomic E-state index is -0.0139. The lowest BCUT2D eigenvalue weighted by Crippen LogP contribution is -2.32. The van der Waals surface area contributed by atoms with Crippen LogP contribution in [0.15, 0.2) is 67.0 Å². The molecule has 2 atom stereocenters. The molecule has 0 amide bonds. The van der Waals surface area contributed by atoms with E-state index in [0.717, 1.165) is 41.8 Å². The van der Waals surface area contributed by atoms with Gasteiger partial charge in [0.25, 0.3) is 0 Å². The number of nitrogens with zero attached hydrogens (tertiary/aromatic N) is 4. The Morgan fingerprint density at radius 1 is 1.10 bits per heavy atom. The van der Waals surface area contributed by atoms with Crippen LogP contribution in [0.1, 0.15) is 29.9 Å². The molecule has 1 aliphatic heterocycles. The summed E-state index contributed by atoms with van der Waals surface area (Å²) in [6.07, 6.45) is 4.98. The molecule has 0 unspecified atom stereocenters. The van der Waals surface area contributed by atoms with Crippen molar-refractivity contribution >= 4 is 17.3 Å². The van der Waals surface area contributed by atoms with Crippen LogP contribution >= 0.6 is 12.2 Å². The fourth-order valence-electron chi connectivity index (χ4n) is 4.14. The summed E-state index contributed by atoms with van der Waals surface area (Å²) in [5.74, 6) is 0.845. The van der Waals surface area contributed by atoms with Crippen molar-refractivity contribution in [1.29, 1.82) is 0 Å². The van der Waals surface area contributed by atoms with Crippen molar-refractivity contribution in [3.63, 3.8) is 0 Å². The molecule has 2 aromatic heterocycles. The summed E-state index contributed by atoms with van der Waals surface area (Å²) in [4.78, 5) is 9.16. The predicted molar refractivity (Wildman–Crippen MR) is 128 cm³/mol. The van der Waals surface area contributed by atoms with Crippen molar-refractivity contribution < 1.29 is 4.74 Å². The normalized spacial score (nSPS) is 18.5. The molecule has 1 saturated heterocycles. The van der Waals surface area contributed by atoms with Crippen molar-refractivity contribution in [2.24, 2.45) is 0 Å². The molecule has 3 aromatic rings. The second-order valence-corrected chi connectivity index (χ2v) is 8.36. The number of pyridine rings is 1. The second-order valence-electron chi connectivity index (χ2n) is 7.98. The van der Waals surface area contributed by atoms with Crippen LogP contribution in [0.4, 0.5) is 0 Å². The van der Waals surface area contributed by atoms with E-state index in [9.17, 15) is 0 Å². The van der Waals surface area contributed by atoms with Crippen molar-refractivity contribution in [3.8, 4) is 11.4 Å². The lowest BCUT2D eigenvalue weighted by atomic mass is 10.0. The summed E-state index contributed by atoms with van der Waals surface area (Å²) < 4.78 is 7.56. The zero-order chi connectivity index (χ0) is 21.8. The Kier molecular flexibility index (Phi) is 6.53. The molecule has 1 N–H and O–H groups in total. The number of ether oxygens (including phenoxy) is 1. The van der Waals surface area contributed by atoms with E-state index in [-0.39, 0.29) is 12.1 Å². The molecule has 6 nitrogen and oxygen atoms in total. The zero-order valence-corrected chi connectivity index (χ0v) is 19.0. The predicted octanol–water partition coefficient (Wildman–Crippen LogP) is 3.81. The molecule has 1 fully saturated rings. The Morgan fingerprint density at radius 3 is 2.58 bits per heavy atom. The van der Waals surface area contributed by atoms with E-state index in [1.54, 1.807) is 7.11 Å². The Morgan fingerprint density at radius 2 is 1.90 bits per heavy atom.